The summed E-state index contributed by atoms with van der Waals surface area (Å²) >= 11 is 0. The maximum Gasteiger partial charge on any atom is 0.338 e. The van der Waals surface area contributed by atoms with Gasteiger partial charge < -0.3 is 28.8 Å². The third kappa shape index (κ3) is 8.34. The Labute approximate surface area is 274 Å². The standard InChI is InChI=1S/C35H44O12/c1-18-15-16-34(8,9)32(46-24(7)39)30(45-23(6)38)29(47-33(41)25-13-11-10-12-14-25)20(3)28(44-22(5)37)26-27(43-21(4)36)19(2)17-35(26,42)31(18)40/h10-16,18-19,26-30,32,42H,3,17H2,1-2,4-9H3/b16-15+/t18-,19+,26-,27+,28+,29+,30-,32-,35-/m1/s1. The van der Waals surface area contributed by atoms with Crippen LogP contribution in [0.15, 0.2) is 54.6 Å². The van der Waals surface area contributed by atoms with E-state index >= 15 is 0 Å². The lowest BCUT2D eigenvalue weighted by molar-refractivity contribution is -0.185. The van der Waals surface area contributed by atoms with Crippen LogP contribution in [0.1, 0.15) is 72.2 Å². The van der Waals surface area contributed by atoms with E-state index in [2.05, 4.69) is 6.58 Å². The summed E-state index contributed by atoms with van der Waals surface area (Å²) in [5.74, 6) is -7.69. The number of rotatable bonds is 6. The minimum Gasteiger partial charge on any atom is -0.462 e. The highest BCUT2D eigenvalue weighted by Crippen LogP contribution is 2.49. The zero-order valence-corrected chi connectivity index (χ0v) is 28.0. The Morgan fingerprint density at radius 1 is 0.787 bits per heavy atom. The molecule has 0 bridgehead atoms. The van der Waals surface area contributed by atoms with Crippen molar-refractivity contribution in [2.75, 3.05) is 0 Å². The normalized spacial score (nSPS) is 32.8. The zero-order chi connectivity index (χ0) is 35.4. The van der Waals surface area contributed by atoms with Crippen LogP contribution in [0.2, 0.25) is 0 Å². The second-order valence-corrected chi connectivity index (χ2v) is 12.9. The van der Waals surface area contributed by atoms with Gasteiger partial charge in [-0.15, -0.1) is 0 Å². The first-order valence-electron chi connectivity index (χ1n) is 15.4. The van der Waals surface area contributed by atoms with Gasteiger partial charge in [-0.05, 0) is 24.5 Å². The molecule has 3 rings (SSSR count). The molecule has 1 saturated carbocycles. The molecule has 2 aliphatic carbocycles. The van der Waals surface area contributed by atoms with Crippen LogP contribution in [0.4, 0.5) is 0 Å². The molecule has 9 atom stereocenters. The Kier molecular flexibility index (Phi) is 11.6. The molecule has 0 aliphatic heterocycles. The number of hydrogen-bond acceptors (Lipinski definition) is 12. The van der Waals surface area contributed by atoms with E-state index in [1.54, 1.807) is 52.0 Å². The second kappa shape index (κ2) is 14.6. The number of carbonyl (C=O) groups excluding carboxylic acids is 6. The number of ketones is 1. The molecule has 1 aromatic rings. The first kappa shape index (κ1) is 37.1. The minimum atomic E-state index is -2.23. The summed E-state index contributed by atoms with van der Waals surface area (Å²) in [6.45, 7) is 15.2. The summed E-state index contributed by atoms with van der Waals surface area (Å²) in [5.41, 5.74) is -3.54. The van der Waals surface area contributed by atoms with Crippen molar-refractivity contribution in [3.63, 3.8) is 0 Å². The lowest BCUT2D eigenvalue weighted by atomic mass is 9.72. The predicted molar refractivity (Wildman–Crippen MR) is 166 cm³/mol. The average molecular weight is 657 g/mol. The summed E-state index contributed by atoms with van der Waals surface area (Å²) in [4.78, 5) is 78.0. The molecule has 47 heavy (non-hydrogen) atoms. The van der Waals surface area contributed by atoms with Gasteiger partial charge in [-0.2, -0.15) is 0 Å². The van der Waals surface area contributed by atoms with Gasteiger partial charge in [0.15, 0.2) is 24.1 Å². The number of ether oxygens (including phenoxy) is 5. The van der Waals surface area contributed by atoms with Crippen molar-refractivity contribution < 1.29 is 57.6 Å². The van der Waals surface area contributed by atoms with Crippen molar-refractivity contribution in [1.29, 1.82) is 0 Å². The van der Waals surface area contributed by atoms with Gasteiger partial charge in [-0.3, -0.25) is 24.0 Å². The highest BCUT2D eigenvalue weighted by atomic mass is 16.6. The number of aliphatic hydroxyl groups is 1. The maximum absolute atomic E-state index is 14.2. The topological polar surface area (TPSA) is 169 Å². The lowest BCUT2D eigenvalue weighted by Gasteiger charge is -2.43. The van der Waals surface area contributed by atoms with Gasteiger partial charge in [-0.25, -0.2) is 4.79 Å². The Morgan fingerprint density at radius 3 is 1.85 bits per heavy atom. The largest absolute Gasteiger partial charge is 0.462 e. The smallest absolute Gasteiger partial charge is 0.338 e. The van der Waals surface area contributed by atoms with E-state index in [1.807, 2.05) is 0 Å². The van der Waals surface area contributed by atoms with Crippen molar-refractivity contribution in [3.8, 4) is 0 Å². The van der Waals surface area contributed by atoms with E-state index in [4.69, 9.17) is 23.7 Å². The molecule has 1 fully saturated rings. The monoisotopic (exact) mass is 656 g/mol. The van der Waals surface area contributed by atoms with Crippen LogP contribution < -0.4 is 0 Å². The molecule has 0 unspecified atom stereocenters. The van der Waals surface area contributed by atoms with Crippen LogP contribution in [-0.4, -0.2) is 76.9 Å². The highest BCUT2D eigenvalue weighted by molar-refractivity contribution is 5.92. The second-order valence-electron chi connectivity index (χ2n) is 12.9. The molecule has 0 saturated heterocycles. The Morgan fingerprint density at radius 2 is 1.32 bits per heavy atom. The number of Topliss-reactive ketones (excluding diaryl/α,β-unsaturated/α-hetero) is 1. The average Bonchev–Trinajstić information content (AvgIpc) is 3.22. The lowest BCUT2D eigenvalue weighted by Crippen LogP contribution is -2.58. The van der Waals surface area contributed by atoms with Gasteiger partial charge in [0.25, 0.3) is 0 Å². The quantitative estimate of drug-likeness (QED) is 0.268. The Hall–Kier alpha value is -4.32. The predicted octanol–water partition coefficient (Wildman–Crippen LogP) is 3.68. The van der Waals surface area contributed by atoms with E-state index in [-0.39, 0.29) is 17.6 Å². The van der Waals surface area contributed by atoms with Gasteiger partial charge in [0.2, 0.25) is 0 Å². The zero-order valence-electron chi connectivity index (χ0n) is 28.0. The summed E-state index contributed by atoms with van der Waals surface area (Å²) in [5, 5.41) is 12.3. The molecule has 1 N–H and O–H groups in total. The molecular weight excluding hydrogens is 612 g/mol. The first-order chi connectivity index (χ1) is 21.8. The van der Waals surface area contributed by atoms with Crippen molar-refractivity contribution >= 4 is 35.6 Å². The molecule has 12 nitrogen and oxygen atoms in total. The van der Waals surface area contributed by atoms with Crippen molar-refractivity contribution in [2.24, 2.45) is 23.2 Å². The van der Waals surface area contributed by atoms with E-state index in [9.17, 15) is 33.9 Å². The molecule has 0 radical (unpaired) electrons. The number of hydrogen-bond donors (Lipinski definition) is 1. The minimum absolute atomic E-state index is 0.105. The van der Waals surface area contributed by atoms with Crippen LogP contribution in [0, 0.1) is 23.2 Å². The molecule has 12 heteroatoms. The number of esters is 5. The van der Waals surface area contributed by atoms with Crippen LogP contribution in [0.5, 0.6) is 0 Å². The van der Waals surface area contributed by atoms with Gasteiger partial charge in [-0.1, -0.05) is 64.6 Å². The summed E-state index contributed by atoms with van der Waals surface area (Å²) < 4.78 is 28.9. The maximum atomic E-state index is 14.2. The fraction of sp³-hybridized carbons (Fsp3) is 0.543. The molecule has 256 valence electrons. The van der Waals surface area contributed by atoms with Gasteiger partial charge in [0.05, 0.1) is 11.5 Å². The third-order valence-electron chi connectivity index (χ3n) is 8.57. The summed E-state index contributed by atoms with van der Waals surface area (Å²) in [7, 11) is 0. The van der Waals surface area contributed by atoms with Crippen LogP contribution >= 0.6 is 0 Å². The fourth-order valence-electron chi connectivity index (χ4n) is 6.53. The fourth-order valence-corrected chi connectivity index (χ4v) is 6.53. The Bertz CT molecular complexity index is 1430. The number of allylic oxidation sites excluding steroid dienone is 1. The van der Waals surface area contributed by atoms with Crippen LogP contribution in [-0.2, 0) is 47.7 Å². The van der Waals surface area contributed by atoms with Crippen molar-refractivity contribution in [1.82, 2.24) is 0 Å². The van der Waals surface area contributed by atoms with E-state index < -0.39 is 94.9 Å². The van der Waals surface area contributed by atoms with Gasteiger partial charge in [0.1, 0.15) is 17.8 Å². The van der Waals surface area contributed by atoms with E-state index in [0.717, 1.165) is 27.7 Å². The van der Waals surface area contributed by atoms with E-state index in [1.165, 1.54) is 18.2 Å². The van der Waals surface area contributed by atoms with Crippen LogP contribution in [0.25, 0.3) is 0 Å². The Balaban J connectivity index is 2.42. The summed E-state index contributed by atoms with van der Waals surface area (Å²) in [6, 6.07) is 7.85. The molecule has 2 aliphatic rings. The number of fused-ring (bicyclic) bond motifs is 1. The first-order valence-corrected chi connectivity index (χ1v) is 15.4. The van der Waals surface area contributed by atoms with Crippen molar-refractivity contribution in [3.05, 3.63) is 60.2 Å². The SMILES string of the molecule is C=C1[C@H](OC(=O)c2ccccc2)[C@@H](OC(C)=O)[C@@H](OC(C)=O)C(C)(C)/C=C/[C@@H](C)C(=O)[C@@]2(O)C[C@H](C)[C@H](OC(C)=O)[C@@H]2[C@H]1OC(C)=O. The van der Waals surface area contributed by atoms with Crippen molar-refractivity contribution in [2.45, 2.75) is 97.9 Å². The van der Waals surface area contributed by atoms with E-state index in [0.29, 0.717) is 0 Å². The third-order valence-corrected chi connectivity index (χ3v) is 8.57. The molecule has 0 heterocycles. The molecule has 0 aromatic heterocycles. The molecule has 0 amide bonds. The number of benzene rings is 1. The van der Waals surface area contributed by atoms with Gasteiger partial charge in [0, 0.05) is 44.6 Å². The molecular formula is C35H44O12. The van der Waals surface area contributed by atoms with Gasteiger partial charge >= 0.3 is 29.8 Å². The molecule has 1 aromatic carbocycles. The number of carbonyl (C=O) groups is 6. The van der Waals surface area contributed by atoms with Crippen LogP contribution in [0.3, 0.4) is 0 Å². The molecule has 0 spiro atoms. The summed E-state index contributed by atoms with van der Waals surface area (Å²) in [6.07, 6.45) is -4.50. The highest BCUT2D eigenvalue weighted by Gasteiger charge is 2.63.